The fourth-order valence-electron chi connectivity index (χ4n) is 1.50. The van der Waals surface area contributed by atoms with Crippen LogP contribution in [-0.4, -0.2) is 25.5 Å². The number of carbonyl (C=O) groups is 1. The summed E-state index contributed by atoms with van der Waals surface area (Å²) < 4.78 is 26.3. The zero-order chi connectivity index (χ0) is 14.6. The van der Waals surface area contributed by atoms with Crippen LogP contribution in [0.3, 0.4) is 0 Å². The van der Waals surface area contributed by atoms with Crippen molar-refractivity contribution in [2.45, 2.75) is 31.2 Å². The van der Waals surface area contributed by atoms with Crippen LogP contribution >= 0.6 is 0 Å². The second kappa shape index (κ2) is 5.99. The highest BCUT2D eigenvalue weighted by Crippen LogP contribution is 2.15. The number of nitrogens with one attached hydrogen (secondary N) is 1. The molecule has 0 fully saturated rings. The first kappa shape index (κ1) is 15.4. The number of aryl methyl sites for hydroxylation is 2. The number of hydrogen-bond donors (Lipinski definition) is 2. The van der Waals surface area contributed by atoms with E-state index in [4.69, 9.17) is 5.11 Å². The van der Waals surface area contributed by atoms with Crippen molar-refractivity contribution in [3.8, 4) is 0 Å². The average Bonchev–Trinajstić information content (AvgIpc) is 2.31. The number of sulfonamides is 1. The molecule has 0 aliphatic rings. The molecule has 1 unspecified atom stereocenters. The minimum atomic E-state index is -3.84. The normalized spacial score (nSPS) is 12.9. The number of hydrogen-bond acceptors (Lipinski definition) is 3. The average molecular weight is 283 g/mol. The lowest BCUT2D eigenvalue weighted by molar-refractivity contribution is -0.138. The molecule has 0 saturated carbocycles. The molecule has 0 radical (unpaired) electrons. The Morgan fingerprint density at radius 1 is 1.42 bits per heavy atom. The van der Waals surface area contributed by atoms with E-state index < -0.39 is 22.0 Å². The SMILES string of the molecule is C=CCC(NS(=O)(=O)c1ccc(C)c(C)c1)C(=O)O. The van der Waals surface area contributed by atoms with Gasteiger partial charge in [-0.3, -0.25) is 4.79 Å². The van der Waals surface area contributed by atoms with Crippen LogP contribution in [0.25, 0.3) is 0 Å². The Bertz CT molecular complexity index is 593. The topological polar surface area (TPSA) is 83.5 Å². The Morgan fingerprint density at radius 2 is 2.05 bits per heavy atom. The molecule has 0 bridgehead atoms. The summed E-state index contributed by atoms with van der Waals surface area (Å²) in [6.07, 6.45) is 1.39. The smallest absolute Gasteiger partial charge is 0.322 e. The van der Waals surface area contributed by atoms with Gasteiger partial charge in [-0.25, -0.2) is 8.42 Å². The summed E-state index contributed by atoms with van der Waals surface area (Å²) in [5, 5.41) is 8.94. The lowest BCUT2D eigenvalue weighted by Gasteiger charge is -2.13. The Hall–Kier alpha value is -1.66. The summed E-state index contributed by atoms with van der Waals surface area (Å²) >= 11 is 0. The lowest BCUT2D eigenvalue weighted by atomic mass is 10.1. The van der Waals surface area contributed by atoms with Crippen molar-refractivity contribution in [2.75, 3.05) is 0 Å². The van der Waals surface area contributed by atoms with Crippen molar-refractivity contribution in [2.24, 2.45) is 0 Å². The molecule has 5 nitrogen and oxygen atoms in total. The Morgan fingerprint density at radius 3 is 2.53 bits per heavy atom. The third-order valence-electron chi connectivity index (χ3n) is 2.79. The predicted octanol–water partition coefficient (Wildman–Crippen LogP) is 1.61. The predicted molar refractivity (Wildman–Crippen MR) is 72.5 cm³/mol. The van der Waals surface area contributed by atoms with Crippen molar-refractivity contribution >= 4 is 16.0 Å². The number of benzene rings is 1. The quantitative estimate of drug-likeness (QED) is 0.777. The molecule has 0 heterocycles. The van der Waals surface area contributed by atoms with Gasteiger partial charge in [0, 0.05) is 0 Å². The second-order valence-electron chi connectivity index (χ2n) is 4.28. The van der Waals surface area contributed by atoms with Crippen molar-refractivity contribution in [1.82, 2.24) is 4.72 Å². The van der Waals surface area contributed by atoms with Gasteiger partial charge in [-0.2, -0.15) is 4.72 Å². The van der Waals surface area contributed by atoms with E-state index in [1.54, 1.807) is 13.0 Å². The first-order valence-electron chi connectivity index (χ1n) is 5.71. The number of carboxylic acids is 1. The first-order valence-corrected chi connectivity index (χ1v) is 7.19. The maximum Gasteiger partial charge on any atom is 0.322 e. The van der Waals surface area contributed by atoms with Crippen LogP contribution in [0.15, 0.2) is 35.7 Å². The van der Waals surface area contributed by atoms with Gasteiger partial charge in [0.1, 0.15) is 6.04 Å². The van der Waals surface area contributed by atoms with E-state index in [-0.39, 0.29) is 11.3 Å². The molecule has 0 amide bonds. The minimum absolute atomic E-state index is 0.0272. The van der Waals surface area contributed by atoms with E-state index in [2.05, 4.69) is 11.3 Å². The fraction of sp³-hybridized carbons (Fsp3) is 0.308. The van der Waals surface area contributed by atoms with E-state index in [1.807, 2.05) is 6.92 Å². The minimum Gasteiger partial charge on any atom is -0.480 e. The van der Waals surface area contributed by atoms with Gasteiger partial charge in [-0.1, -0.05) is 12.1 Å². The summed E-state index contributed by atoms with van der Waals surface area (Å²) in [7, 11) is -3.84. The van der Waals surface area contributed by atoms with Gasteiger partial charge in [0.2, 0.25) is 10.0 Å². The van der Waals surface area contributed by atoms with Crippen molar-refractivity contribution < 1.29 is 18.3 Å². The van der Waals surface area contributed by atoms with Crippen LogP contribution in [0.5, 0.6) is 0 Å². The van der Waals surface area contributed by atoms with Gasteiger partial charge in [-0.05, 0) is 43.5 Å². The zero-order valence-electron chi connectivity index (χ0n) is 10.9. The monoisotopic (exact) mass is 283 g/mol. The highest BCUT2D eigenvalue weighted by molar-refractivity contribution is 7.89. The summed E-state index contributed by atoms with van der Waals surface area (Å²) in [6.45, 7) is 7.08. The lowest BCUT2D eigenvalue weighted by Crippen LogP contribution is -2.40. The molecule has 19 heavy (non-hydrogen) atoms. The standard InChI is InChI=1S/C13H17NO4S/c1-4-5-12(13(15)16)14-19(17,18)11-7-6-9(2)10(3)8-11/h4,6-8,12,14H,1,5H2,2-3H3,(H,15,16). The number of aliphatic carboxylic acids is 1. The maximum absolute atomic E-state index is 12.1. The van der Waals surface area contributed by atoms with Crippen LogP contribution in [0.1, 0.15) is 17.5 Å². The van der Waals surface area contributed by atoms with Gasteiger partial charge in [0.15, 0.2) is 0 Å². The molecule has 1 atom stereocenters. The summed E-state index contributed by atoms with van der Waals surface area (Å²) in [5.74, 6) is -1.23. The fourth-order valence-corrected chi connectivity index (χ4v) is 2.79. The molecule has 1 aromatic rings. The summed E-state index contributed by atoms with van der Waals surface area (Å²) in [4.78, 5) is 11.0. The van der Waals surface area contributed by atoms with E-state index in [0.717, 1.165) is 11.1 Å². The Balaban J connectivity index is 3.06. The van der Waals surface area contributed by atoms with Crippen LogP contribution in [-0.2, 0) is 14.8 Å². The van der Waals surface area contributed by atoms with Crippen LogP contribution in [0, 0.1) is 13.8 Å². The molecule has 104 valence electrons. The largest absolute Gasteiger partial charge is 0.480 e. The molecule has 0 aromatic heterocycles. The molecule has 0 aliphatic heterocycles. The Labute approximate surface area is 113 Å². The summed E-state index contributed by atoms with van der Waals surface area (Å²) in [6, 6.07) is 3.46. The molecule has 2 N–H and O–H groups in total. The first-order chi connectivity index (χ1) is 8.77. The molecule has 1 rings (SSSR count). The van der Waals surface area contributed by atoms with E-state index in [1.165, 1.54) is 18.2 Å². The highest BCUT2D eigenvalue weighted by atomic mass is 32.2. The zero-order valence-corrected chi connectivity index (χ0v) is 11.7. The third-order valence-corrected chi connectivity index (χ3v) is 4.26. The van der Waals surface area contributed by atoms with Crippen molar-refractivity contribution in [3.05, 3.63) is 42.0 Å². The summed E-state index contributed by atoms with van der Waals surface area (Å²) in [5.41, 5.74) is 1.80. The number of rotatable bonds is 6. The van der Waals surface area contributed by atoms with Gasteiger partial charge in [0.25, 0.3) is 0 Å². The molecule has 0 aliphatic carbocycles. The van der Waals surface area contributed by atoms with Crippen LogP contribution in [0.4, 0.5) is 0 Å². The molecule has 6 heteroatoms. The van der Waals surface area contributed by atoms with Gasteiger partial charge >= 0.3 is 5.97 Å². The molecule has 1 aromatic carbocycles. The van der Waals surface area contributed by atoms with Crippen LogP contribution < -0.4 is 4.72 Å². The maximum atomic E-state index is 12.1. The van der Waals surface area contributed by atoms with Crippen LogP contribution in [0.2, 0.25) is 0 Å². The van der Waals surface area contributed by atoms with E-state index in [9.17, 15) is 13.2 Å². The van der Waals surface area contributed by atoms with Gasteiger partial charge in [-0.15, -0.1) is 6.58 Å². The second-order valence-corrected chi connectivity index (χ2v) is 6.00. The molecule has 0 saturated heterocycles. The van der Waals surface area contributed by atoms with E-state index >= 15 is 0 Å². The molecule has 0 spiro atoms. The van der Waals surface area contributed by atoms with Crippen molar-refractivity contribution in [1.29, 1.82) is 0 Å². The number of carboxylic acid groups (broad SMARTS) is 1. The van der Waals surface area contributed by atoms with Gasteiger partial charge in [0.05, 0.1) is 4.90 Å². The molecular formula is C13H17NO4S. The Kier molecular flexibility index (Phi) is 4.85. The van der Waals surface area contributed by atoms with Crippen molar-refractivity contribution in [3.63, 3.8) is 0 Å². The molecular weight excluding hydrogens is 266 g/mol. The van der Waals surface area contributed by atoms with Gasteiger partial charge < -0.3 is 5.11 Å². The highest BCUT2D eigenvalue weighted by Gasteiger charge is 2.24. The third kappa shape index (κ3) is 3.90. The van der Waals surface area contributed by atoms with E-state index in [0.29, 0.717) is 0 Å².